The molecule has 1 aromatic carbocycles. The van der Waals surface area contributed by atoms with Gasteiger partial charge in [-0.3, -0.25) is 0 Å². The van der Waals surface area contributed by atoms with Crippen LogP contribution in [0.2, 0.25) is 5.02 Å². The largest absolute Gasteiger partial charge is 0.375 e. The van der Waals surface area contributed by atoms with E-state index in [4.69, 9.17) is 16.3 Å². The maximum Gasteiger partial charge on any atom is 0.0740 e. The zero-order chi connectivity index (χ0) is 11.5. The lowest BCUT2D eigenvalue weighted by Gasteiger charge is -2.25. The molecule has 1 saturated heterocycles. The summed E-state index contributed by atoms with van der Waals surface area (Å²) in [5.74, 6) is 0. The molecule has 1 unspecified atom stereocenters. The first-order valence-electron chi connectivity index (χ1n) is 5.75. The summed E-state index contributed by atoms with van der Waals surface area (Å²) in [6.07, 6.45) is 1.27. The van der Waals surface area contributed by atoms with Gasteiger partial charge in [0.15, 0.2) is 0 Å². The van der Waals surface area contributed by atoms with Crippen molar-refractivity contribution >= 4 is 11.6 Å². The average molecular weight is 240 g/mol. The molecule has 0 amide bonds. The van der Waals surface area contributed by atoms with Crippen LogP contribution in [0.25, 0.3) is 0 Å². The topological polar surface area (TPSA) is 21.3 Å². The van der Waals surface area contributed by atoms with Gasteiger partial charge in [-0.25, -0.2) is 0 Å². The average Bonchev–Trinajstić information content (AvgIpc) is 2.25. The number of halogens is 1. The molecule has 16 heavy (non-hydrogen) atoms. The summed E-state index contributed by atoms with van der Waals surface area (Å²) in [4.78, 5) is 0. The number of aryl methyl sites for hydroxylation is 2. The van der Waals surface area contributed by atoms with Crippen LogP contribution in [0.3, 0.4) is 0 Å². The van der Waals surface area contributed by atoms with Gasteiger partial charge < -0.3 is 10.1 Å². The van der Waals surface area contributed by atoms with E-state index in [-0.39, 0.29) is 0 Å². The first kappa shape index (κ1) is 11.9. The SMILES string of the molecule is Cc1cc(Cl)cc(C)c1CC1CNCCO1. The smallest absolute Gasteiger partial charge is 0.0740 e. The predicted octanol–water partition coefficient (Wildman–Crippen LogP) is 2.49. The van der Waals surface area contributed by atoms with Gasteiger partial charge in [-0.05, 0) is 42.7 Å². The van der Waals surface area contributed by atoms with Gasteiger partial charge in [0.1, 0.15) is 0 Å². The van der Waals surface area contributed by atoms with E-state index in [9.17, 15) is 0 Å². The molecule has 0 radical (unpaired) electrons. The standard InChI is InChI=1S/C13H18ClNO/c1-9-5-11(14)6-10(2)13(9)7-12-8-15-3-4-16-12/h5-6,12,15H,3-4,7-8H2,1-2H3. The second-order valence-electron chi connectivity index (χ2n) is 4.42. The number of hydrogen-bond acceptors (Lipinski definition) is 2. The second-order valence-corrected chi connectivity index (χ2v) is 4.86. The van der Waals surface area contributed by atoms with Crippen molar-refractivity contribution in [2.45, 2.75) is 26.4 Å². The van der Waals surface area contributed by atoms with E-state index < -0.39 is 0 Å². The van der Waals surface area contributed by atoms with E-state index in [2.05, 4.69) is 19.2 Å². The highest BCUT2D eigenvalue weighted by molar-refractivity contribution is 6.30. The van der Waals surface area contributed by atoms with Crippen LogP contribution in [0.5, 0.6) is 0 Å². The van der Waals surface area contributed by atoms with Crippen LogP contribution in [0.1, 0.15) is 16.7 Å². The summed E-state index contributed by atoms with van der Waals surface area (Å²) in [7, 11) is 0. The van der Waals surface area contributed by atoms with Crippen molar-refractivity contribution < 1.29 is 4.74 Å². The van der Waals surface area contributed by atoms with Crippen LogP contribution in [-0.2, 0) is 11.2 Å². The Morgan fingerprint density at radius 1 is 1.38 bits per heavy atom. The number of hydrogen-bond donors (Lipinski definition) is 1. The molecule has 1 aliphatic rings. The van der Waals surface area contributed by atoms with Crippen molar-refractivity contribution in [1.82, 2.24) is 5.32 Å². The first-order valence-corrected chi connectivity index (χ1v) is 6.12. The Labute approximate surface area is 102 Å². The molecule has 1 N–H and O–H groups in total. The highest BCUT2D eigenvalue weighted by Crippen LogP contribution is 2.22. The normalized spacial score (nSPS) is 21.1. The van der Waals surface area contributed by atoms with E-state index in [1.165, 1.54) is 16.7 Å². The third kappa shape index (κ3) is 2.76. The van der Waals surface area contributed by atoms with Crippen LogP contribution in [0, 0.1) is 13.8 Å². The van der Waals surface area contributed by atoms with Gasteiger partial charge in [-0.15, -0.1) is 0 Å². The summed E-state index contributed by atoms with van der Waals surface area (Å²) in [6, 6.07) is 4.06. The van der Waals surface area contributed by atoms with Gasteiger partial charge in [0.2, 0.25) is 0 Å². The van der Waals surface area contributed by atoms with Gasteiger partial charge >= 0.3 is 0 Å². The highest BCUT2D eigenvalue weighted by atomic mass is 35.5. The Kier molecular flexibility index (Phi) is 3.85. The first-order chi connectivity index (χ1) is 7.66. The van der Waals surface area contributed by atoms with Crippen molar-refractivity contribution in [1.29, 1.82) is 0 Å². The summed E-state index contributed by atoms with van der Waals surface area (Å²) < 4.78 is 5.73. The molecule has 3 heteroatoms. The monoisotopic (exact) mass is 239 g/mol. The fraction of sp³-hybridized carbons (Fsp3) is 0.538. The highest BCUT2D eigenvalue weighted by Gasteiger charge is 2.16. The molecule has 1 aromatic rings. The molecule has 0 spiro atoms. The molecule has 0 aromatic heterocycles. The molecule has 1 aliphatic heterocycles. The minimum Gasteiger partial charge on any atom is -0.375 e. The van der Waals surface area contributed by atoms with E-state index in [1.54, 1.807) is 0 Å². The molecule has 0 saturated carbocycles. The Hall–Kier alpha value is -0.570. The summed E-state index contributed by atoms with van der Waals surface area (Å²) in [5, 5.41) is 4.18. The molecule has 1 heterocycles. The summed E-state index contributed by atoms with van der Waals surface area (Å²) in [6.45, 7) is 6.96. The van der Waals surface area contributed by atoms with Crippen molar-refractivity contribution in [3.05, 3.63) is 33.8 Å². The van der Waals surface area contributed by atoms with Gasteiger partial charge in [0.25, 0.3) is 0 Å². The lowest BCUT2D eigenvalue weighted by molar-refractivity contribution is 0.0290. The molecule has 1 fully saturated rings. The molecule has 0 aliphatic carbocycles. The number of morpholine rings is 1. The minimum absolute atomic E-state index is 0.298. The van der Waals surface area contributed by atoms with Crippen molar-refractivity contribution in [2.75, 3.05) is 19.7 Å². The van der Waals surface area contributed by atoms with E-state index in [0.29, 0.717) is 6.10 Å². The number of benzene rings is 1. The summed E-state index contributed by atoms with van der Waals surface area (Å²) in [5.41, 5.74) is 3.90. The summed E-state index contributed by atoms with van der Waals surface area (Å²) >= 11 is 6.02. The van der Waals surface area contributed by atoms with Crippen LogP contribution in [0.4, 0.5) is 0 Å². The van der Waals surface area contributed by atoms with Crippen molar-refractivity contribution in [3.63, 3.8) is 0 Å². The van der Waals surface area contributed by atoms with Crippen LogP contribution in [-0.4, -0.2) is 25.8 Å². The van der Waals surface area contributed by atoms with E-state index in [0.717, 1.165) is 31.1 Å². The predicted molar refractivity (Wildman–Crippen MR) is 67.2 cm³/mol. The quantitative estimate of drug-likeness (QED) is 0.856. The van der Waals surface area contributed by atoms with Gasteiger partial charge in [-0.1, -0.05) is 11.6 Å². The Morgan fingerprint density at radius 3 is 2.62 bits per heavy atom. The lowest BCUT2D eigenvalue weighted by atomic mass is 9.97. The van der Waals surface area contributed by atoms with Crippen LogP contribution >= 0.6 is 11.6 Å². The Bertz CT molecular complexity index is 349. The Balaban J connectivity index is 2.14. The van der Waals surface area contributed by atoms with Crippen LogP contribution < -0.4 is 5.32 Å². The Morgan fingerprint density at radius 2 is 2.06 bits per heavy atom. The molecule has 1 atom stereocenters. The van der Waals surface area contributed by atoms with Crippen molar-refractivity contribution in [2.24, 2.45) is 0 Å². The fourth-order valence-electron chi connectivity index (χ4n) is 2.24. The fourth-order valence-corrected chi connectivity index (χ4v) is 2.57. The van der Waals surface area contributed by atoms with Crippen LogP contribution in [0.15, 0.2) is 12.1 Å². The zero-order valence-electron chi connectivity index (χ0n) is 9.85. The third-order valence-corrected chi connectivity index (χ3v) is 3.32. The van der Waals surface area contributed by atoms with Crippen molar-refractivity contribution in [3.8, 4) is 0 Å². The lowest BCUT2D eigenvalue weighted by Crippen LogP contribution is -2.39. The number of rotatable bonds is 2. The van der Waals surface area contributed by atoms with Gasteiger partial charge in [0, 0.05) is 24.5 Å². The number of ether oxygens (including phenoxy) is 1. The van der Waals surface area contributed by atoms with E-state index in [1.807, 2.05) is 12.1 Å². The second kappa shape index (κ2) is 5.17. The van der Waals surface area contributed by atoms with E-state index >= 15 is 0 Å². The maximum absolute atomic E-state index is 6.02. The number of nitrogens with one attached hydrogen (secondary N) is 1. The van der Waals surface area contributed by atoms with Gasteiger partial charge in [-0.2, -0.15) is 0 Å². The zero-order valence-corrected chi connectivity index (χ0v) is 10.6. The third-order valence-electron chi connectivity index (χ3n) is 3.10. The molecular weight excluding hydrogens is 222 g/mol. The molecular formula is C13H18ClNO. The van der Waals surface area contributed by atoms with Gasteiger partial charge in [0.05, 0.1) is 12.7 Å². The molecule has 88 valence electrons. The molecule has 2 rings (SSSR count). The minimum atomic E-state index is 0.298. The molecule has 2 nitrogen and oxygen atoms in total. The molecule has 0 bridgehead atoms. The maximum atomic E-state index is 6.02.